The second-order valence-corrected chi connectivity index (χ2v) is 1.66. The summed E-state index contributed by atoms with van der Waals surface area (Å²) >= 11 is 0. The topological polar surface area (TPSA) is 3.24 Å². The van der Waals surface area contributed by atoms with E-state index in [4.69, 9.17) is 7.49 Å². The molecule has 1 nitrogen and oxygen atoms in total. The normalized spacial score (nSPS) is 8.29. The van der Waals surface area contributed by atoms with Gasteiger partial charge < -0.3 is 0 Å². The summed E-state index contributed by atoms with van der Waals surface area (Å²) in [7, 11) is 7.36. The van der Waals surface area contributed by atoms with Crippen molar-refractivity contribution in [2.24, 2.45) is 0 Å². The van der Waals surface area contributed by atoms with Gasteiger partial charge >= 0.3 is 45.4 Å². The molecule has 0 aromatic rings. The zero-order valence-corrected chi connectivity index (χ0v) is 5.23. The second-order valence-electron chi connectivity index (χ2n) is 1.66. The second kappa shape index (κ2) is 2.83. The van der Waals surface area contributed by atoms with E-state index < -0.39 is 0 Å². The Morgan fingerprint density at radius 3 is 2.14 bits per heavy atom. The Morgan fingerprint density at radius 1 is 1.71 bits per heavy atom. The van der Waals surface area contributed by atoms with Gasteiger partial charge in [0.1, 0.15) is 0 Å². The average molecular weight is 96.0 g/mol. The summed E-state index contributed by atoms with van der Waals surface area (Å²) in [5, 5.41) is 0. The minimum atomic E-state index is 0.877. The fourth-order valence-corrected chi connectivity index (χ4v) is 0.249. The van der Waals surface area contributed by atoms with E-state index in [0.717, 1.165) is 12.1 Å². The van der Waals surface area contributed by atoms with Crippen molar-refractivity contribution in [3.63, 3.8) is 0 Å². The van der Waals surface area contributed by atoms with Crippen molar-refractivity contribution in [1.29, 1.82) is 0 Å². The molecule has 0 spiro atoms. The molecule has 0 aliphatic rings. The van der Waals surface area contributed by atoms with Crippen LogP contribution in [-0.4, -0.2) is 31.6 Å². The maximum absolute atomic E-state index is 5.39. The van der Waals surface area contributed by atoms with Gasteiger partial charge in [0, 0.05) is 0 Å². The van der Waals surface area contributed by atoms with Crippen LogP contribution in [0.2, 0.25) is 0 Å². The van der Waals surface area contributed by atoms with Crippen molar-refractivity contribution < 1.29 is 0 Å². The Morgan fingerprint density at radius 2 is 2.14 bits per heavy atom. The van der Waals surface area contributed by atoms with E-state index in [-0.39, 0.29) is 0 Å². The standard InChI is InChI=1S/C5H11BN/c1-4-7(3)5(2)6/h4H2,1-3H3. The van der Waals surface area contributed by atoms with Gasteiger partial charge in [0.05, 0.1) is 0 Å². The van der Waals surface area contributed by atoms with E-state index >= 15 is 0 Å². The molecule has 0 aromatic heterocycles. The van der Waals surface area contributed by atoms with Gasteiger partial charge in [-0.1, -0.05) is 0 Å². The van der Waals surface area contributed by atoms with Crippen LogP contribution in [-0.2, 0) is 0 Å². The SMILES string of the molecule is [B]=C(C)N(C)CC. The molecule has 0 bridgehead atoms. The van der Waals surface area contributed by atoms with Gasteiger partial charge in [0.2, 0.25) is 0 Å². The predicted octanol–water partition coefficient (Wildman–Crippen LogP) is 0.256. The molecule has 0 N–H and O–H groups in total. The summed E-state index contributed by atoms with van der Waals surface area (Å²) in [6.07, 6.45) is 0. The van der Waals surface area contributed by atoms with Gasteiger partial charge in [0.15, 0.2) is 0 Å². The Labute approximate surface area is 46.4 Å². The van der Waals surface area contributed by atoms with Gasteiger partial charge in [0.25, 0.3) is 0 Å². The summed E-state index contributed by atoms with van der Waals surface area (Å²) in [5.74, 6) is 0. The maximum atomic E-state index is 5.39. The van der Waals surface area contributed by atoms with Gasteiger partial charge in [-0.25, -0.2) is 0 Å². The van der Waals surface area contributed by atoms with Crippen molar-refractivity contribution in [1.82, 2.24) is 4.90 Å². The first-order valence-corrected chi connectivity index (χ1v) is 2.48. The Balaban J connectivity index is 3.34. The van der Waals surface area contributed by atoms with Crippen LogP contribution in [0, 0.1) is 0 Å². The molecule has 0 aromatic carbocycles. The Bertz CT molecular complexity index is 70.5. The van der Waals surface area contributed by atoms with Crippen molar-refractivity contribution in [2.75, 3.05) is 13.6 Å². The summed E-state index contributed by atoms with van der Waals surface area (Å²) in [6.45, 7) is 4.95. The molecule has 0 heterocycles. The van der Waals surface area contributed by atoms with E-state index in [9.17, 15) is 0 Å². The number of rotatable bonds is 2. The predicted molar refractivity (Wildman–Crippen MR) is 34.7 cm³/mol. The van der Waals surface area contributed by atoms with Crippen LogP contribution in [0.5, 0.6) is 0 Å². The third kappa shape index (κ3) is 2.43. The fourth-order valence-electron chi connectivity index (χ4n) is 0.249. The molecule has 0 saturated carbocycles. The third-order valence-corrected chi connectivity index (χ3v) is 1.08. The summed E-state index contributed by atoms with van der Waals surface area (Å²) < 4.78 is 0. The monoisotopic (exact) mass is 96.1 g/mol. The molecule has 0 aliphatic carbocycles. The molecule has 7 heavy (non-hydrogen) atoms. The molecule has 0 rings (SSSR count). The molecule has 39 valence electrons. The van der Waals surface area contributed by atoms with Crippen molar-refractivity contribution in [3.05, 3.63) is 0 Å². The van der Waals surface area contributed by atoms with Crippen molar-refractivity contribution in [2.45, 2.75) is 13.8 Å². The Hall–Kier alpha value is -0.265. The number of nitrogens with zero attached hydrogens (tertiary/aromatic N) is 1. The molecule has 2 heteroatoms. The van der Waals surface area contributed by atoms with Crippen LogP contribution in [0.25, 0.3) is 0 Å². The first kappa shape index (κ1) is 6.73. The molecule has 0 fully saturated rings. The summed E-state index contributed by atoms with van der Waals surface area (Å²) in [5.41, 5.74) is 0.877. The van der Waals surface area contributed by atoms with Crippen LogP contribution >= 0.6 is 0 Å². The van der Waals surface area contributed by atoms with Crippen molar-refractivity contribution in [3.8, 4) is 0 Å². The molecular weight excluding hydrogens is 84.9 g/mol. The first-order valence-electron chi connectivity index (χ1n) is 2.48. The van der Waals surface area contributed by atoms with Crippen LogP contribution in [0.3, 0.4) is 0 Å². The van der Waals surface area contributed by atoms with E-state index in [0.29, 0.717) is 0 Å². The molecule has 0 aliphatic heterocycles. The quantitative estimate of drug-likeness (QED) is 0.445. The first-order chi connectivity index (χ1) is 3.18. The zero-order chi connectivity index (χ0) is 5.86. The van der Waals surface area contributed by atoms with E-state index in [1.807, 2.05) is 18.9 Å². The van der Waals surface area contributed by atoms with Crippen LogP contribution in [0.15, 0.2) is 0 Å². The van der Waals surface area contributed by atoms with E-state index in [2.05, 4.69) is 6.92 Å². The molecule has 0 saturated heterocycles. The number of hydrogen-bond acceptors (Lipinski definition) is 1. The molecule has 0 amide bonds. The molecule has 1 radical (unpaired) electrons. The molecule has 0 unspecified atom stereocenters. The number of hydrogen-bond donors (Lipinski definition) is 0. The molecular formula is C5H11BN. The van der Waals surface area contributed by atoms with E-state index in [1.54, 1.807) is 0 Å². The minimum absolute atomic E-state index is 0.877. The van der Waals surface area contributed by atoms with Crippen LogP contribution in [0.1, 0.15) is 13.8 Å². The Kier molecular flexibility index (Phi) is 2.73. The van der Waals surface area contributed by atoms with Crippen LogP contribution < -0.4 is 0 Å². The summed E-state index contributed by atoms with van der Waals surface area (Å²) in [6, 6.07) is 0. The van der Waals surface area contributed by atoms with Gasteiger partial charge in [-0.15, -0.1) is 0 Å². The van der Waals surface area contributed by atoms with Crippen LogP contribution in [0.4, 0.5) is 0 Å². The fraction of sp³-hybridized carbons (Fsp3) is 0.800. The zero-order valence-electron chi connectivity index (χ0n) is 5.23. The molecule has 0 atom stereocenters. The third-order valence-electron chi connectivity index (χ3n) is 1.08. The van der Waals surface area contributed by atoms with Gasteiger partial charge in [-0.05, 0) is 0 Å². The summed E-state index contributed by atoms with van der Waals surface area (Å²) in [4.78, 5) is 1.99. The van der Waals surface area contributed by atoms with Crippen molar-refractivity contribution >= 4 is 13.1 Å². The van der Waals surface area contributed by atoms with Gasteiger partial charge in [-0.3, -0.25) is 0 Å². The average Bonchev–Trinajstić information content (AvgIpc) is 1.65. The van der Waals surface area contributed by atoms with E-state index in [1.165, 1.54) is 0 Å². The van der Waals surface area contributed by atoms with Gasteiger partial charge in [-0.2, -0.15) is 0 Å².